The Morgan fingerprint density at radius 3 is 2.75 bits per heavy atom. The molecule has 132 valence electrons. The van der Waals surface area contributed by atoms with Gasteiger partial charge in [-0.05, 0) is 12.8 Å². The highest BCUT2D eigenvalue weighted by Gasteiger charge is 2.31. The number of hydrogen-bond donors (Lipinski definition) is 1. The van der Waals surface area contributed by atoms with Crippen molar-refractivity contribution in [2.75, 3.05) is 50.9 Å². The van der Waals surface area contributed by atoms with E-state index >= 15 is 0 Å². The second-order valence-electron chi connectivity index (χ2n) is 5.81. The lowest BCUT2D eigenvalue weighted by Crippen LogP contribution is -2.49. The van der Waals surface area contributed by atoms with Gasteiger partial charge < -0.3 is 20.3 Å². The third kappa shape index (κ3) is 4.37. The van der Waals surface area contributed by atoms with E-state index in [-0.39, 0.29) is 17.7 Å². The van der Waals surface area contributed by atoms with Gasteiger partial charge in [0.1, 0.15) is 0 Å². The van der Waals surface area contributed by atoms with Gasteiger partial charge in [0.15, 0.2) is 4.34 Å². The maximum atomic E-state index is 12.6. The number of anilines is 1. The summed E-state index contributed by atoms with van der Waals surface area (Å²) in [5.74, 6) is 0.393. The Bertz CT molecular complexity index is 591. The predicted octanol–water partition coefficient (Wildman–Crippen LogP) is 0.310. The number of amides is 2. The number of nitrogens with two attached hydrogens (primary N) is 1. The van der Waals surface area contributed by atoms with Gasteiger partial charge in [-0.25, -0.2) is 0 Å². The smallest absolute Gasteiger partial charge is 0.233 e. The van der Waals surface area contributed by atoms with Crippen LogP contribution in [0.3, 0.4) is 0 Å². The van der Waals surface area contributed by atoms with Crippen LogP contribution in [-0.2, 0) is 14.3 Å². The molecule has 0 aliphatic carbocycles. The Kier molecular flexibility index (Phi) is 5.90. The fourth-order valence-corrected chi connectivity index (χ4v) is 4.48. The van der Waals surface area contributed by atoms with E-state index in [4.69, 9.17) is 10.5 Å². The average Bonchev–Trinajstić information content (AvgIpc) is 3.05. The molecule has 0 aromatic carbocycles. The van der Waals surface area contributed by atoms with Crippen LogP contribution in [0.15, 0.2) is 4.34 Å². The van der Waals surface area contributed by atoms with Crippen LogP contribution in [0.2, 0.25) is 0 Å². The Hall–Kier alpha value is -1.39. The molecular formula is C14H21N5O3S2. The molecule has 2 fully saturated rings. The number of nitrogens with zero attached hydrogens (tertiary/aromatic N) is 4. The number of piperidine rings is 1. The van der Waals surface area contributed by atoms with E-state index in [9.17, 15) is 9.59 Å². The van der Waals surface area contributed by atoms with E-state index in [0.717, 1.165) is 12.8 Å². The van der Waals surface area contributed by atoms with Crippen molar-refractivity contribution in [3.63, 3.8) is 0 Å². The van der Waals surface area contributed by atoms with Gasteiger partial charge in [-0.2, -0.15) is 0 Å². The Morgan fingerprint density at radius 2 is 2.04 bits per heavy atom. The van der Waals surface area contributed by atoms with Crippen molar-refractivity contribution in [2.24, 2.45) is 5.92 Å². The minimum Gasteiger partial charge on any atom is -0.378 e. The highest BCUT2D eigenvalue weighted by atomic mass is 32.2. The monoisotopic (exact) mass is 371 g/mol. The van der Waals surface area contributed by atoms with E-state index in [1.807, 2.05) is 4.90 Å². The SMILES string of the molecule is Nc1nnc(SCC(=O)N2CCC[C@H](C(=O)N3CCOCC3)C2)s1. The molecule has 0 spiro atoms. The van der Waals surface area contributed by atoms with Gasteiger partial charge in [-0.15, -0.1) is 10.2 Å². The zero-order valence-corrected chi connectivity index (χ0v) is 15.0. The van der Waals surface area contributed by atoms with Crippen LogP contribution < -0.4 is 5.73 Å². The normalized spacial score (nSPS) is 21.8. The third-order valence-corrected chi connectivity index (χ3v) is 6.06. The summed E-state index contributed by atoms with van der Waals surface area (Å²) in [5.41, 5.74) is 5.54. The van der Waals surface area contributed by atoms with Crippen LogP contribution >= 0.6 is 23.1 Å². The van der Waals surface area contributed by atoms with Crippen LogP contribution in [0.25, 0.3) is 0 Å². The summed E-state index contributed by atoms with van der Waals surface area (Å²) < 4.78 is 5.99. The molecule has 2 saturated heterocycles. The van der Waals surface area contributed by atoms with Gasteiger partial charge in [-0.1, -0.05) is 23.1 Å². The second-order valence-corrected chi connectivity index (χ2v) is 8.04. The summed E-state index contributed by atoms with van der Waals surface area (Å²) in [6.45, 7) is 3.72. The number of likely N-dealkylation sites (tertiary alicyclic amines) is 1. The average molecular weight is 371 g/mol. The molecule has 2 amide bonds. The minimum absolute atomic E-state index is 0.0354. The highest BCUT2D eigenvalue weighted by Crippen LogP contribution is 2.25. The maximum absolute atomic E-state index is 12.6. The Labute approximate surface area is 148 Å². The molecule has 0 bridgehead atoms. The van der Waals surface area contributed by atoms with E-state index in [2.05, 4.69) is 10.2 Å². The number of nitrogen functional groups attached to an aromatic ring is 1. The molecule has 2 aliphatic rings. The number of carbonyl (C=O) groups excluding carboxylic acids is 2. The molecule has 8 nitrogen and oxygen atoms in total. The number of hydrogen-bond acceptors (Lipinski definition) is 8. The van der Waals surface area contributed by atoms with Crippen LogP contribution in [0.4, 0.5) is 5.13 Å². The van der Waals surface area contributed by atoms with Crippen LogP contribution in [0.1, 0.15) is 12.8 Å². The number of aromatic nitrogens is 2. The summed E-state index contributed by atoms with van der Waals surface area (Å²) in [6, 6.07) is 0. The van der Waals surface area contributed by atoms with Crippen molar-refractivity contribution in [2.45, 2.75) is 17.2 Å². The molecule has 2 N–H and O–H groups in total. The van der Waals surface area contributed by atoms with E-state index < -0.39 is 0 Å². The first-order valence-corrected chi connectivity index (χ1v) is 9.80. The standard InChI is InChI=1S/C14H21N5O3S2/c15-13-16-17-14(24-13)23-9-11(20)19-3-1-2-10(8-19)12(21)18-4-6-22-7-5-18/h10H,1-9H2,(H2,15,16)/t10-/m0/s1. The zero-order valence-electron chi connectivity index (χ0n) is 13.3. The van der Waals surface area contributed by atoms with Crippen molar-refractivity contribution >= 4 is 40.0 Å². The minimum atomic E-state index is -0.0945. The topological polar surface area (TPSA) is 102 Å². The molecule has 3 heterocycles. The van der Waals surface area contributed by atoms with E-state index in [0.29, 0.717) is 54.6 Å². The van der Waals surface area contributed by atoms with E-state index in [1.165, 1.54) is 23.1 Å². The first-order chi connectivity index (χ1) is 11.6. The lowest BCUT2D eigenvalue weighted by Gasteiger charge is -2.36. The quantitative estimate of drug-likeness (QED) is 0.760. The molecule has 0 saturated carbocycles. The van der Waals surface area contributed by atoms with Gasteiger partial charge in [0.05, 0.1) is 24.9 Å². The van der Waals surface area contributed by atoms with Gasteiger partial charge in [-0.3, -0.25) is 9.59 Å². The Balaban J connectivity index is 1.50. The highest BCUT2D eigenvalue weighted by molar-refractivity contribution is 8.01. The number of thioether (sulfide) groups is 1. The maximum Gasteiger partial charge on any atom is 0.233 e. The lowest BCUT2D eigenvalue weighted by atomic mass is 9.96. The molecule has 2 aliphatic heterocycles. The summed E-state index contributed by atoms with van der Waals surface area (Å²) in [5, 5.41) is 8.04. The molecule has 3 rings (SSSR count). The number of morpholine rings is 1. The lowest BCUT2D eigenvalue weighted by molar-refractivity contribution is -0.143. The molecule has 0 radical (unpaired) electrons. The largest absolute Gasteiger partial charge is 0.378 e. The molecule has 0 unspecified atom stereocenters. The van der Waals surface area contributed by atoms with Crippen LogP contribution in [0.5, 0.6) is 0 Å². The molecule has 10 heteroatoms. The first-order valence-electron chi connectivity index (χ1n) is 7.99. The fraction of sp³-hybridized carbons (Fsp3) is 0.714. The summed E-state index contributed by atoms with van der Waals surface area (Å²) in [6.07, 6.45) is 1.71. The number of carbonyl (C=O) groups is 2. The summed E-state index contributed by atoms with van der Waals surface area (Å²) >= 11 is 2.62. The Morgan fingerprint density at radius 1 is 1.25 bits per heavy atom. The van der Waals surface area contributed by atoms with Crippen LogP contribution in [0, 0.1) is 5.92 Å². The summed E-state index contributed by atoms with van der Waals surface area (Å²) in [7, 11) is 0. The van der Waals surface area contributed by atoms with Crippen molar-refractivity contribution in [1.82, 2.24) is 20.0 Å². The molecule has 24 heavy (non-hydrogen) atoms. The van der Waals surface area contributed by atoms with Crippen molar-refractivity contribution in [1.29, 1.82) is 0 Å². The zero-order chi connectivity index (χ0) is 16.9. The summed E-state index contributed by atoms with van der Waals surface area (Å²) in [4.78, 5) is 28.7. The van der Waals surface area contributed by atoms with Gasteiger partial charge >= 0.3 is 0 Å². The molecular weight excluding hydrogens is 350 g/mol. The molecule has 1 aromatic rings. The van der Waals surface area contributed by atoms with Crippen molar-refractivity contribution in [3.05, 3.63) is 0 Å². The predicted molar refractivity (Wildman–Crippen MR) is 91.7 cm³/mol. The van der Waals surface area contributed by atoms with Crippen molar-refractivity contribution in [3.8, 4) is 0 Å². The molecule has 1 atom stereocenters. The molecule has 1 aromatic heterocycles. The number of ether oxygens (including phenoxy) is 1. The van der Waals surface area contributed by atoms with Gasteiger partial charge in [0, 0.05) is 26.2 Å². The van der Waals surface area contributed by atoms with Crippen molar-refractivity contribution < 1.29 is 14.3 Å². The fourth-order valence-electron chi connectivity index (χ4n) is 2.94. The van der Waals surface area contributed by atoms with E-state index in [1.54, 1.807) is 4.90 Å². The first kappa shape index (κ1) is 17.4. The van der Waals surface area contributed by atoms with Gasteiger partial charge in [0.25, 0.3) is 0 Å². The third-order valence-electron chi connectivity index (χ3n) is 4.19. The number of rotatable bonds is 4. The second kappa shape index (κ2) is 8.13. The van der Waals surface area contributed by atoms with Gasteiger partial charge in [0.2, 0.25) is 16.9 Å². The van der Waals surface area contributed by atoms with Crippen LogP contribution in [-0.4, -0.2) is 77.0 Å².